The minimum Gasteiger partial charge on any atom is -0.493 e. The highest BCUT2D eigenvalue weighted by Crippen LogP contribution is 2.38. The molecule has 19 heavy (non-hydrogen) atoms. The summed E-state index contributed by atoms with van der Waals surface area (Å²) in [6, 6.07) is 5.27. The van der Waals surface area contributed by atoms with Crippen LogP contribution < -0.4 is 9.64 Å². The van der Waals surface area contributed by atoms with Crippen LogP contribution in [0.15, 0.2) is 23.3 Å². The van der Waals surface area contributed by atoms with Gasteiger partial charge in [0.05, 0.1) is 17.8 Å². The Labute approximate surface area is 115 Å². The number of rotatable bonds is 4. The maximum Gasteiger partial charge on any atom is 0.227 e. The SMILES string of the molecule is COc1c(Cl)cccc1N1CC(CN=[N+]=[N-])CC1=O. The molecule has 7 heteroatoms. The second-order valence-corrected chi connectivity index (χ2v) is 4.69. The van der Waals surface area contributed by atoms with Gasteiger partial charge in [-0.3, -0.25) is 4.79 Å². The highest BCUT2D eigenvalue weighted by atomic mass is 35.5. The first-order valence-corrected chi connectivity index (χ1v) is 6.19. The fourth-order valence-corrected chi connectivity index (χ4v) is 2.45. The molecule has 1 aromatic rings. The lowest BCUT2D eigenvalue weighted by molar-refractivity contribution is -0.117. The first kappa shape index (κ1) is 13.5. The molecule has 2 rings (SSSR count). The predicted molar refractivity (Wildman–Crippen MR) is 72.5 cm³/mol. The summed E-state index contributed by atoms with van der Waals surface area (Å²) < 4.78 is 5.25. The van der Waals surface area contributed by atoms with E-state index in [9.17, 15) is 4.79 Å². The summed E-state index contributed by atoms with van der Waals surface area (Å²) in [5.41, 5.74) is 8.97. The molecule has 1 aliphatic heterocycles. The van der Waals surface area contributed by atoms with Crippen LogP contribution in [0.25, 0.3) is 10.4 Å². The smallest absolute Gasteiger partial charge is 0.227 e. The van der Waals surface area contributed by atoms with E-state index >= 15 is 0 Å². The molecular weight excluding hydrogens is 268 g/mol. The molecule has 100 valence electrons. The maximum absolute atomic E-state index is 12.0. The second-order valence-electron chi connectivity index (χ2n) is 4.28. The zero-order valence-corrected chi connectivity index (χ0v) is 11.2. The van der Waals surface area contributed by atoms with Gasteiger partial charge in [0, 0.05) is 24.4 Å². The first-order valence-electron chi connectivity index (χ1n) is 5.81. The highest BCUT2D eigenvalue weighted by Gasteiger charge is 2.32. The summed E-state index contributed by atoms with van der Waals surface area (Å²) in [6.45, 7) is 0.830. The zero-order chi connectivity index (χ0) is 13.8. The molecule has 0 aromatic heterocycles. The monoisotopic (exact) mass is 280 g/mol. The van der Waals surface area contributed by atoms with Gasteiger partial charge in [-0.2, -0.15) is 0 Å². The van der Waals surface area contributed by atoms with E-state index in [4.69, 9.17) is 21.9 Å². The van der Waals surface area contributed by atoms with Crippen molar-refractivity contribution in [1.82, 2.24) is 0 Å². The van der Waals surface area contributed by atoms with Gasteiger partial charge < -0.3 is 9.64 Å². The van der Waals surface area contributed by atoms with Crippen LogP contribution >= 0.6 is 11.6 Å². The number of para-hydroxylation sites is 1. The Morgan fingerprint density at radius 3 is 3.11 bits per heavy atom. The molecule has 0 N–H and O–H groups in total. The number of hydrogen-bond donors (Lipinski definition) is 0. The van der Waals surface area contributed by atoms with E-state index in [1.807, 2.05) is 0 Å². The van der Waals surface area contributed by atoms with Crippen LogP contribution in [-0.2, 0) is 4.79 Å². The molecule has 0 aliphatic carbocycles. The van der Waals surface area contributed by atoms with E-state index in [1.54, 1.807) is 23.1 Å². The zero-order valence-electron chi connectivity index (χ0n) is 10.4. The molecule has 0 spiro atoms. The van der Waals surface area contributed by atoms with Crippen LogP contribution in [0, 0.1) is 5.92 Å². The van der Waals surface area contributed by atoms with Crippen molar-refractivity contribution in [2.45, 2.75) is 6.42 Å². The molecule has 1 aromatic carbocycles. The summed E-state index contributed by atoms with van der Waals surface area (Å²) in [7, 11) is 1.52. The van der Waals surface area contributed by atoms with Crippen molar-refractivity contribution in [3.8, 4) is 5.75 Å². The van der Waals surface area contributed by atoms with Gasteiger partial charge in [-0.15, -0.1) is 0 Å². The lowest BCUT2D eigenvalue weighted by Crippen LogP contribution is -2.25. The third-order valence-electron chi connectivity index (χ3n) is 3.05. The molecule has 1 fully saturated rings. The second kappa shape index (κ2) is 5.82. The van der Waals surface area contributed by atoms with Gasteiger partial charge >= 0.3 is 0 Å². The minimum absolute atomic E-state index is 0.0151. The van der Waals surface area contributed by atoms with Gasteiger partial charge in [0.1, 0.15) is 0 Å². The molecule has 0 bridgehead atoms. The number of amides is 1. The van der Waals surface area contributed by atoms with Gasteiger partial charge in [-0.1, -0.05) is 22.8 Å². The number of nitrogens with zero attached hydrogens (tertiary/aromatic N) is 4. The lowest BCUT2D eigenvalue weighted by atomic mass is 10.1. The van der Waals surface area contributed by atoms with Crippen LogP contribution in [0.4, 0.5) is 5.69 Å². The van der Waals surface area contributed by atoms with Gasteiger partial charge in [-0.05, 0) is 23.6 Å². The van der Waals surface area contributed by atoms with E-state index in [2.05, 4.69) is 10.0 Å². The van der Waals surface area contributed by atoms with Crippen molar-refractivity contribution < 1.29 is 9.53 Å². The molecule has 0 radical (unpaired) electrons. The summed E-state index contributed by atoms with van der Waals surface area (Å²) in [5, 5.41) is 3.99. The number of benzene rings is 1. The number of hydrogen-bond acceptors (Lipinski definition) is 3. The van der Waals surface area contributed by atoms with Crippen LogP contribution in [0.2, 0.25) is 5.02 Å². The Morgan fingerprint density at radius 1 is 1.63 bits per heavy atom. The average Bonchev–Trinajstić information content (AvgIpc) is 2.77. The lowest BCUT2D eigenvalue weighted by Gasteiger charge is -2.20. The van der Waals surface area contributed by atoms with Gasteiger partial charge in [-0.25, -0.2) is 0 Å². The van der Waals surface area contributed by atoms with E-state index in [0.717, 1.165) is 0 Å². The van der Waals surface area contributed by atoms with Crippen molar-refractivity contribution in [3.63, 3.8) is 0 Å². The van der Waals surface area contributed by atoms with E-state index in [-0.39, 0.29) is 11.8 Å². The highest BCUT2D eigenvalue weighted by molar-refractivity contribution is 6.32. The van der Waals surface area contributed by atoms with Gasteiger partial charge in [0.2, 0.25) is 5.91 Å². The number of azide groups is 1. The van der Waals surface area contributed by atoms with Crippen LogP contribution in [0.3, 0.4) is 0 Å². The molecule has 1 aliphatic rings. The van der Waals surface area contributed by atoms with Crippen molar-refractivity contribution in [1.29, 1.82) is 0 Å². The number of methoxy groups -OCH3 is 1. The summed E-state index contributed by atoms with van der Waals surface area (Å²) in [4.78, 5) is 16.4. The van der Waals surface area contributed by atoms with Gasteiger partial charge in [0.15, 0.2) is 5.75 Å². The molecule has 6 nitrogen and oxygen atoms in total. The Balaban J connectivity index is 2.25. The van der Waals surface area contributed by atoms with E-state index in [0.29, 0.717) is 36.0 Å². The third-order valence-corrected chi connectivity index (χ3v) is 3.35. The fourth-order valence-electron chi connectivity index (χ4n) is 2.20. The number of ether oxygens (including phenoxy) is 1. The van der Waals surface area contributed by atoms with Crippen LogP contribution in [-0.4, -0.2) is 26.1 Å². The maximum atomic E-state index is 12.0. The molecule has 1 saturated heterocycles. The Bertz CT molecular complexity index is 543. The van der Waals surface area contributed by atoms with E-state index in [1.165, 1.54) is 7.11 Å². The Hall–Kier alpha value is -1.91. The molecule has 1 unspecified atom stereocenters. The summed E-state index contributed by atoms with van der Waals surface area (Å²) in [6.07, 6.45) is 0.370. The van der Waals surface area contributed by atoms with Crippen LogP contribution in [0.1, 0.15) is 6.42 Å². The normalized spacial score (nSPS) is 18.3. The van der Waals surface area contributed by atoms with Crippen LogP contribution in [0.5, 0.6) is 5.75 Å². The molecular formula is C12H13ClN4O2. The molecule has 1 atom stereocenters. The predicted octanol–water partition coefficient (Wildman–Crippen LogP) is 3.01. The number of carbonyl (C=O) groups is 1. The Morgan fingerprint density at radius 2 is 2.42 bits per heavy atom. The number of carbonyl (C=O) groups excluding carboxylic acids is 1. The molecule has 1 heterocycles. The topological polar surface area (TPSA) is 78.3 Å². The van der Waals surface area contributed by atoms with Gasteiger partial charge in [0.25, 0.3) is 0 Å². The summed E-state index contributed by atoms with van der Waals surface area (Å²) in [5.74, 6) is 0.507. The van der Waals surface area contributed by atoms with Crippen molar-refractivity contribution in [2.24, 2.45) is 11.0 Å². The number of anilines is 1. The average molecular weight is 281 g/mol. The first-order chi connectivity index (χ1) is 9.17. The summed E-state index contributed by atoms with van der Waals surface area (Å²) >= 11 is 6.05. The van der Waals surface area contributed by atoms with E-state index < -0.39 is 0 Å². The number of halogens is 1. The fraction of sp³-hybridized carbons (Fsp3) is 0.417. The van der Waals surface area contributed by atoms with Crippen molar-refractivity contribution in [3.05, 3.63) is 33.7 Å². The molecule has 1 amide bonds. The third kappa shape index (κ3) is 2.75. The quantitative estimate of drug-likeness (QED) is 0.483. The minimum atomic E-state index is -0.0151. The van der Waals surface area contributed by atoms with Crippen molar-refractivity contribution in [2.75, 3.05) is 25.1 Å². The van der Waals surface area contributed by atoms with Crippen molar-refractivity contribution >= 4 is 23.2 Å². The standard InChI is InChI=1S/C12H13ClN4O2/c1-19-12-9(13)3-2-4-10(12)17-7-8(5-11(17)18)6-15-16-14/h2-4,8H,5-7H2,1H3. The Kier molecular flexibility index (Phi) is 4.14. The largest absolute Gasteiger partial charge is 0.493 e. The molecule has 0 saturated carbocycles.